The lowest BCUT2D eigenvalue weighted by atomic mass is 9.77. The van der Waals surface area contributed by atoms with Crippen molar-refractivity contribution in [2.24, 2.45) is 0 Å². The topological polar surface area (TPSA) is 68.3 Å². The molecule has 0 unspecified atom stereocenters. The van der Waals surface area contributed by atoms with Crippen molar-refractivity contribution in [3.05, 3.63) is 63.7 Å². The van der Waals surface area contributed by atoms with Gasteiger partial charge in [-0.1, -0.05) is 72.8 Å². The highest BCUT2D eigenvalue weighted by Gasteiger charge is 2.52. The molecule has 2 fully saturated rings. The van der Waals surface area contributed by atoms with E-state index >= 15 is 0 Å². The Bertz CT molecular complexity index is 1560. The van der Waals surface area contributed by atoms with Crippen LogP contribution in [0.1, 0.15) is 64.8 Å². The van der Waals surface area contributed by atoms with E-state index in [4.69, 9.17) is 37.5 Å². The Hall–Kier alpha value is -2.20. The van der Waals surface area contributed by atoms with Gasteiger partial charge >= 0.3 is 7.12 Å². The van der Waals surface area contributed by atoms with Crippen LogP contribution in [0.15, 0.2) is 48.7 Å². The number of thiazole rings is 1. The standard InChI is InChI=1S/C31H35BCl2N4O2S/c1-30(2)31(3,4)40-32(39-30)22-14-8-12-20(26(22)33)21-13-9-15-23(27(21)34)37-29-28-24(16-17-35-29)41-25(38-28)18-36-19-10-6-5-7-11-19/h8-9,12-17,19,36H,5-7,10-11,18H2,1-4H3,(H,35,37). The zero-order chi connectivity index (χ0) is 28.8. The quantitative estimate of drug-likeness (QED) is 0.206. The highest BCUT2D eigenvalue weighted by Crippen LogP contribution is 2.41. The van der Waals surface area contributed by atoms with Crippen molar-refractivity contribution in [1.29, 1.82) is 0 Å². The molecule has 0 amide bonds. The molecular weight excluding hydrogens is 574 g/mol. The minimum atomic E-state index is -0.569. The number of nitrogens with zero attached hydrogens (tertiary/aromatic N) is 2. The molecule has 2 aliphatic rings. The normalized spacial score (nSPS) is 18.7. The summed E-state index contributed by atoms with van der Waals surface area (Å²) in [6, 6.07) is 14.3. The van der Waals surface area contributed by atoms with E-state index in [0.29, 0.717) is 21.9 Å². The molecule has 2 aromatic heterocycles. The van der Waals surface area contributed by atoms with Gasteiger partial charge in [0.05, 0.1) is 26.6 Å². The molecule has 2 N–H and O–H groups in total. The maximum absolute atomic E-state index is 7.02. The molecule has 6 rings (SSSR count). The van der Waals surface area contributed by atoms with Gasteiger partial charge in [-0.05, 0) is 52.7 Å². The smallest absolute Gasteiger partial charge is 0.399 e. The van der Waals surface area contributed by atoms with E-state index in [9.17, 15) is 0 Å². The third-order valence-electron chi connectivity index (χ3n) is 8.58. The molecule has 0 atom stereocenters. The van der Waals surface area contributed by atoms with E-state index in [1.54, 1.807) is 11.3 Å². The number of nitrogens with one attached hydrogen (secondary N) is 2. The third kappa shape index (κ3) is 5.75. The van der Waals surface area contributed by atoms with Crippen molar-refractivity contribution in [3.8, 4) is 11.1 Å². The molecule has 2 aromatic carbocycles. The molecule has 1 aliphatic heterocycles. The highest BCUT2D eigenvalue weighted by molar-refractivity contribution is 7.18. The predicted octanol–water partition coefficient (Wildman–Crippen LogP) is 8.13. The second kappa shape index (κ2) is 11.5. The van der Waals surface area contributed by atoms with Crippen molar-refractivity contribution in [1.82, 2.24) is 15.3 Å². The van der Waals surface area contributed by atoms with Gasteiger partial charge in [0.15, 0.2) is 5.82 Å². The number of anilines is 2. The lowest BCUT2D eigenvalue weighted by molar-refractivity contribution is 0.00578. The van der Waals surface area contributed by atoms with Crippen molar-refractivity contribution < 1.29 is 9.31 Å². The summed E-state index contributed by atoms with van der Waals surface area (Å²) in [5.41, 5.74) is 3.05. The Morgan fingerprint density at radius 1 is 0.927 bits per heavy atom. The van der Waals surface area contributed by atoms with Crippen LogP contribution in [0.25, 0.3) is 21.3 Å². The fourth-order valence-electron chi connectivity index (χ4n) is 5.48. The van der Waals surface area contributed by atoms with Gasteiger partial charge in [-0.25, -0.2) is 9.97 Å². The van der Waals surface area contributed by atoms with Crippen LogP contribution in [0.3, 0.4) is 0 Å². The SMILES string of the molecule is CC1(C)OB(c2cccc(-c3cccc(Nc4nccc5sc(CNC6CCCCC6)nc45)c3Cl)c2Cl)OC1(C)C. The molecule has 1 saturated carbocycles. The monoisotopic (exact) mass is 608 g/mol. The average molecular weight is 609 g/mol. The second-order valence-corrected chi connectivity index (χ2v) is 13.8. The lowest BCUT2D eigenvalue weighted by Gasteiger charge is -2.32. The van der Waals surface area contributed by atoms with Crippen LogP contribution >= 0.6 is 34.5 Å². The number of rotatable bonds is 7. The van der Waals surface area contributed by atoms with E-state index in [2.05, 4.69) is 15.6 Å². The van der Waals surface area contributed by atoms with Gasteiger partial charge < -0.3 is 19.9 Å². The molecule has 214 valence electrons. The first-order chi connectivity index (χ1) is 19.6. The molecule has 1 saturated heterocycles. The van der Waals surface area contributed by atoms with Crippen LogP contribution in [0.2, 0.25) is 10.0 Å². The summed E-state index contributed by atoms with van der Waals surface area (Å²) < 4.78 is 13.6. The largest absolute Gasteiger partial charge is 0.496 e. The van der Waals surface area contributed by atoms with Crippen LogP contribution in [0.5, 0.6) is 0 Å². The van der Waals surface area contributed by atoms with Crippen LogP contribution in [0.4, 0.5) is 11.5 Å². The number of fused-ring (bicyclic) bond motifs is 1. The van der Waals surface area contributed by atoms with Gasteiger partial charge in [0.1, 0.15) is 10.5 Å². The molecule has 10 heteroatoms. The maximum Gasteiger partial charge on any atom is 0.496 e. The second-order valence-electron chi connectivity index (χ2n) is 11.9. The van der Waals surface area contributed by atoms with Gasteiger partial charge in [-0.2, -0.15) is 0 Å². The lowest BCUT2D eigenvalue weighted by Crippen LogP contribution is -2.41. The number of hydrogen-bond acceptors (Lipinski definition) is 7. The van der Waals surface area contributed by atoms with E-state index in [1.165, 1.54) is 32.1 Å². The first kappa shape index (κ1) is 28.9. The Labute approximate surface area is 256 Å². The Morgan fingerprint density at radius 3 is 2.34 bits per heavy atom. The summed E-state index contributed by atoms with van der Waals surface area (Å²) in [5, 5.41) is 9.31. The summed E-state index contributed by atoms with van der Waals surface area (Å²) in [5.74, 6) is 0.679. The van der Waals surface area contributed by atoms with Gasteiger partial charge in [0.25, 0.3) is 0 Å². The summed E-state index contributed by atoms with van der Waals surface area (Å²) >= 11 is 15.7. The van der Waals surface area contributed by atoms with Gasteiger partial charge in [-0.3, -0.25) is 0 Å². The zero-order valence-electron chi connectivity index (χ0n) is 23.9. The predicted molar refractivity (Wildman–Crippen MR) is 172 cm³/mol. The first-order valence-corrected chi connectivity index (χ1v) is 15.9. The van der Waals surface area contributed by atoms with E-state index in [0.717, 1.165) is 44.0 Å². The van der Waals surface area contributed by atoms with Gasteiger partial charge in [0.2, 0.25) is 0 Å². The van der Waals surface area contributed by atoms with Crippen molar-refractivity contribution in [2.45, 2.75) is 83.6 Å². The number of hydrogen-bond donors (Lipinski definition) is 2. The Morgan fingerprint density at radius 2 is 1.61 bits per heavy atom. The van der Waals surface area contributed by atoms with Crippen molar-refractivity contribution in [3.63, 3.8) is 0 Å². The molecular formula is C31H35BCl2N4O2S. The van der Waals surface area contributed by atoms with E-state index in [1.807, 2.05) is 76.4 Å². The summed E-state index contributed by atoms with van der Waals surface area (Å²) in [7, 11) is -0.569. The first-order valence-electron chi connectivity index (χ1n) is 14.3. The molecule has 0 spiro atoms. The molecule has 0 bridgehead atoms. The molecule has 4 aromatic rings. The highest BCUT2D eigenvalue weighted by atomic mass is 35.5. The van der Waals surface area contributed by atoms with Crippen molar-refractivity contribution in [2.75, 3.05) is 5.32 Å². The summed E-state index contributed by atoms with van der Waals surface area (Å²) in [6.07, 6.45) is 8.27. The third-order valence-corrected chi connectivity index (χ3v) is 10.4. The molecule has 6 nitrogen and oxygen atoms in total. The molecule has 3 heterocycles. The van der Waals surface area contributed by atoms with Crippen molar-refractivity contribution >= 4 is 68.8 Å². The van der Waals surface area contributed by atoms with Crippen LogP contribution < -0.4 is 16.1 Å². The fraction of sp³-hybridized carbons (Fsp3) is 0.419. The van der Waals surface area contributed by atoms with Gasteiger partial charge in [-0.15, -0.1) is 11.3 Å². The number of benzene rings is 2. The molecule has 0 radical (unpaired) electrons. The Balaban J connectivity index is 1.26. The summed E-state index contributed by atoms with van der Waals surface area (Å²) in [6.45, 7) is 8.90. The average Bonchev–Trinajstić information content (AvgIpc) is 3.46. The summed E-state index contributed by atoms with van der Waals surface area (Å²) in [4.78, 5) is 9.55. The van der Waals surface area contributed by atoms with Crippen LogP contribution in [-0.2, 0) is 15.9 Å². The number of pyridine rings is 1. The fourth-order valence-corrected chi connectivity index (χ4v) is 6.99. The van der Waals surface area contributed by atoms with E-state index < -0.39 is 18.3 Å². The minimum absolute atomic E-state index is 0.464. The van der Waals surface area contributed by atoms with E-state index in [-0.39, 0.29) is 0 Å². The molecule has 41 heavy (non-hydrogen) atoms. The number of halogens is 2. The van der Waals surface area contributed by atoms with Gasteiger partial charge in [0, 0.05) is 40.4 Å². The number of aromatic nitrogens is 2. The minimum Gasteiger partial charge on any atom is -0.399 e. The zero-order valence-corrected chi connectivity index (χ0v) is 26.2. The van der Waals surface area contributed by atoms with Crippen LogP contribution in [-0.4, -0.2) is 34.3 Å². The Kier molecular flexibility index (Phi) is 8.09. The maximum atomic E-state index is 7.02. The molecule has 1 aliphatic carbocycles. The van der Waals surface area contributed by atoms with Crippen LogP contribution in [0, 0.1) is 0 Å².